The Morgan fingerprint density at radius 1 is 0.419 bits per heavy atom. The number of carbonyl (C=O) groups is 1. The molecule has 0 fully saturated rings. The van der Waals surface area contributed by atoms with E-state index in [1.807, 2.05) is 0 Å². The molecule has 1 rings (SSSR count). The van der Waals surface area contributed by atoms with Gasteiger partial charge >= 0.3 is 0 Å². The molecular formula is C32H56O11. The van der Waals surface area contributed by atoms with Crippen molar-refractivity contribution in [2.75, 3.05) is 126 Å². The first kappa shape index (κ1) is 39.4. The molecule has 0 bridgehead atoms. The molecule has 0 saturated heterocycles. The van der Waals surface area contributed by atoms with Crippen LogP contribution in [-0.4, -0.2) is 132 Å². The van der Waals surface area contributed by atoms with Gasteiger partial charge in [-0.15, -0.1) is 0 Å². The first-order valence-corrected chi connectivity index (χ1v) is 15.7. The summed E-state index contributed by atoms with van der Waals surface area (Å²) in [4.78, 5) is 10.6. The standard InChI is InChI=1S/C32H56O11/c1-2-3-4-5-6-11-34-12-13-35-14-15-36-16-17-37-18-19-38-20-21-39-22-23-40-24-25-41-26-27-42-28-29-43-32-9-7-31(30-33)8-10-32/h7-10,30H,2-6,11-29H2,1H3. The molecule has 0 heterocycles. The Hall–Kier alpha value is -1.67. The van der Waals surface area contributed by atoms with Gasteiger partial charge in [0.25, 0.3) is 0 Å². The molecular weight excluding hydrogens is 560 g/mol. The van der Waals surface area contributed by atoms with E-state index >= 15 is 0 Å². The van der Waals surface area contributed by atoms with Crippen LogP contribution in [0.5, 0.6) is 5.75 Å². The van der Waals surface area contributed by atoms with Crippen LogP contribution in [0.1, 0.15) is 49.4 Å². The van der Waals surface area contributed by atoms with Crippen LogP contribution in [0.4, 0.5) is 0 Å². The number of rotatable bonds is 35. The van der Waals surface area contributed by atoms with E-state index in [1.165, 1.54) is 25.7 Å². The monoisotopic (exact) mass is 616 g/mol. The SMILES string of the molecule is CCCCCCCOCCOCCOCCOCCOCCOCCOCCOCCOCCOc1ccc(C=O)cc1. The van der Waals surface area contributed by atoms with Crippen LogP contribution in [0, 0.1) is 0 Å². The van der Waals surface area contributed by atoms with E-state index in [4.69, 9.17) is 47.4 Å². The maximum atomic E-state index is 10.6. The van der Waals surface area contributed by atoms with Gasteiger partial charge in [0.05, 0.1) is 112 Å². The third-order valence-corrected chi connectivity index (χ3v) is 5.88. The molecule has 0 aliphatic rings. The summed E-state index contributed by atoms with van der Waals surface area (Å²) in [6.07, 6.45) is 7.07. The molecule has 250 valence electrons. The molecule has 0 aromatic heterocycles. The van der Waals surface area contributed by atoms with Gasteiger partial charge in [-0.1, -0.05) is 32.6 Å². The number of aldehydes is 1. The summed E-state index contributed by atoms with van der Waals surface area (Å²) >= 11 is 0. The van der Waals surface area contributed by atoms with Crippen LogP contribution in [0.2, 0.25) is 0 Å². The topological polar surface area (TPSA) is 109 Å². The summed E-state index contributed by atoms with van der Waals surface area (Å²) in [5.74, 6) is 0.708. The molecule has 1 aromatic rings. The van der Waals surface area contributed by atoms with Crippen LogP contribution in [0.25, 0.3) is 0 Å². The molecule has 0 radical (unpaired) electrons. The van der Waals surface area contributed by atoms with E-state index in [0.29, 0.717) is 130 Å². The normalized spacial score (nSPS) is 11.3. The molecule has 0 spiro atoms. The second kappa shape index (κ2) is 33.2. The van der Waals surface area contributed by atoms with Crippen LogP contribution < -0.4 is 4.74 Å². The lowest BCUT2D eigenvalue weighted by Gasteiger charge is -2.09. The van der Waals surface area contributed by atoms with Crippen molar-refractivity contribution in [3.05, 3.63) is 29.8 Å². The van der Waals surface area contributed by atoms with Gasteiger partial charge in [-0.2, -0.15) is 0 Å². The average molecular weight is 617 g/mol. The molecule has 1 aromatic carbocycles. The average Bonchev–Trinajstić information content (AvgIpc) is 3.03. The van der Waals surface area contributed by atoms with Gasteiger partial charge in [0.2, 0.25) is 0 Å². The molecule has 0 amide bonds. The molecule has 43 heavy (non-hydrogen) atoms. The second-order valence-corrected chi connectivity index (χ2v) is 9.46. The van der Waals surface area contributed by atoms with E-state index in [2.05, 4.69) is 6.92 Å². The quantitative estimate of drug-likeness (QED) is 0.0816. The lowest BCUT2D eigenvalue weighted by molar-refractivity contribution is -0.0254. The van der Waals surface area contributed by atoms with Gasteiger partial charge in [-0.05, 0) is 30.7 Å². The fourth-order valence-electron chi connectivity index (χ4n) is 3.53. The number of hydrogen-bond acceptors (Lipinski definition) is 11. The summed E-state index contributed by atoms with van der Waals surface area (Å²) in [7, 11) is 0. The number of benzene rings is 1. The Morgan fingerprint density at radius 3 is 1.09 bits per heavy atom. The van der Waals surface area contributed by atoms with E-state index < -0.39 is 0 Å². The maximum Gasteiger partial charge on any atom is 0.150 e. The smallest absolute Gasteiger partial charge is 0.150 e. The highest BCUT2D eigenvalue weighted by atomic mass is 16.6. The minimum absolute atomic E-state index is 0.436. The lowest BCUT2D eigenvalue weighted by Crippen LogP contribution is -2.15. The van der Waals surface area contributed by atoms with E-state index in [-0.39, 0.29) is 0 Å². The molecule has 11 heteroatoms. The number of unbranched alkanes of at least 4 members (excludes halogenated alkanes) is 4. The third-order valence-electron chi connectivity index (χ3n) is 5.88. The molecule has 0 atom stereocenters. The van der Waals surface area contributed by atoms with Crippen LogP contribution in [0.15, 0.2) is 24.3 Å². The van der Waals surface area contributed by atoms with Crippen molar-refractivity contribution in [1.82, 2.24) is 0 Å². The minimum Gasteiger partial charge on any atom is -0.491 e. The zero-order valence-corrected chi connectivity index (χ0v) is 26.3. The fourth-order valence-corrected chi connectivity index (χ4v) is 3.53. The highest BCUT2D eigenvalue weighted by Crippen LogP contribution is 2.10. The predicted octanol–water partition coefficient (Wildman–Crippen LogP) is 4.00. The van der Waals surface area contributed by atoms with E-state index in [1.54, 1.807) is 24.3 Å². The predicted molar refractivity (Wildman–Crippen MR) is 163 cm³/mol. The Morgan fingerprint density at radius 2 is 0.744 bits per heavy atom. The van der Waals surface area contributed by atoms with Crippen LogP contribution in [0.3, 0.4) is 0 Å². The van der Waals surface area contributed by atoms with Crippen molar-refractivity contribution in [1.29, 1.82) is 0 Å². The van der Waals surface area contributed by atoms with Crippen molar-refractivity contribution >= 4 is 6.29 Å². The zero-order valence-electron chi connectivity index (χ0n) is 26.3. The van der Waals surface area contributed by atoms with Crippen molar-refractivity contribution in [3.63, 3.8) is 0 Å². The maximum absolute atomic E-state index is 10.6. The van der Waals surface area contributed by atoms with E-state index in [9.17, 15) is 4.79 Å². The Balaban J connectivity index is 1.64. The van der Waals surface area contributed by atoms with Gasteiger partial charge in [0, 0.05) is 12.2 Å². The van der Waals surface area contributed by atoms with Gasteiger partial charge in [0.1, 0.15) is 18.6 Å². The Kier molecular flexibility index (Phi) is 30.4. The summed E-state index contributed by atoms with van der Waals surface area (Å²) in [5.41, 5.74) is 0.621. The Bertz CT molecular complexity index is 690. The highest BCUT2D eigenvalue weighted by molar-refractivity contribution is 5.74. The number of ether oxygens (including phenoxy) is 10. The fraction of sp³-hybridized carbons (Fsp3) is 0.781. The molecule has 11 nitrogen and oxygen atoms in total. The lowest BCUT2D eigenvalue weighted by atomic mass is 10.2. The molecule has 0 N–H and O–H groups in total. The van der Waals surface area contributed by atoms with Gasteiger partial charge < -0.3 is 47.4 Å². The molecule has 0 unspecified atom stereocenters. The summed E-state index contributed by atoms with van der Waals surface area (Å²) < 4.78 is 54.9. The molecule has 0 aliphatic carbocycles. The Labute approximate surface area is 258 Å². The number of carbonyl (C=O) groups excluding carboxylic acids is 1. The molecule has 0 aliphatic heterocycles. The van der Waals surface area contributed by atoms with Crippen molar-refractivity contribution in [2.24, 2.45) is 0 Å². The number of hydrogen-bond donors (Lipinski definition) is 0. The first-order valence-electron chi connectivity index (χ1n) is 15.7. The van der Waals surface area contributed by atoms with Crippen LogP contribution >= 0.6 is 0 Å². The molecule has 0 saturated carbocycles. The van der Waals surface area contributed by atoms with Gasteiger partial charge in [-0.25, -0.2) is 0 Å². The largest absolute Gasteiger partial charge is 0.491 e. The zero-order chi connectivity index (χ0) is 30.7. The summed E-state index contributed by atoms with van der Waals surface area (Å²) in [6.45, 7) is 12.5. The van der Waals surface area contributed by atoms with Crippen molar-refractivity contribution in [3.8, 4) is 5.75 Å². The van der Waals surface area contributed by atoms with Crippen molar-refractivity contribution in [2.45, 2.75) is 39.0 Å². The summed E-state index contributed by atoms with van der Waals surface area (Å²) in [5, 5.41) is 0. The summed E-state index contributed by atoms with van der Waals surface area (Å²) in [6, 6.07) is 6.95. The van der Waals surface area contributed by atoms with E-state index in [0.717, 1.165) is 19.3 Å². The van der Waals surface area contributed by atoms with Gasteiger partial charge in [0.15, 0.2) is 0 Å². The van der Waals surface area contributed by atoms with Crippen LogP contribution in [-0.2, 0) is 42.6 Å². The first-order chi connectivity index (χ1) is 21.4. The second-order valence-electron chi connectivity index (χ2n) is 9.46. The van der Waals surface area contributed by atoms with Gasteiger partial charge in [-0.3, -0.25) is 4.79 Å². The van der Waals surface area contributed by atoms with Crippen molar-refractivity contribution < 1.29 is 52.2 Å². The third kappa shape index (κ3) is 28.8. The minimum atomic E-state index is 0.436. The highest BCUT2D eigenvalue weighted by Gasteiger charge is 1.97.